The van der Waals surface area contributed by atoms with Crippen molar-refractivity contribution in [2.24, 2.45) is 0 Å². The number of carbonyl (C=O) groups is 1. The van der Waals surface area contributed by atoms with Crippen molar-refractivity contribution in [3.8, 4) is 0 Å². The maximum absolute atomic E-state index is 10.7. The van der Waals surface area contributed by atoms with Crippen LogP contribution in [0.5, 0.6) is 0 Å². The Kier molecular flexibility index (Phi) is 5.58. The van der Waals surface area contributed by atoms with Crippen LogP contribution >= 0.6 is 23.2 Å². The van der Waals surface area contributed by atoms with Crippen molar-refractivity contribution in [1.82, 2.24) is 0 Å². The van der Waals surface area contributed by atoms with E-state index in [4.69, 9.17) is 23.2 Å². The Morgan fingerprint density at radius 2 is 1.42 bits per heavy atom. The summed E-state index contributed by atoms with van der Waals surface area (Å²) in [5, 5.41) is 0. The van der Waals surface area contributed by atoms with Crippen LogP contribution in [0, 0.1) is 0 Å². The molecule has 0 aromatic heterocycles. The van der Waals surface area contributed by atoms with Crippen molar-refractivity contribution in [1.29, 1.82) is 0 Å². The predicted octanol–water partition coefficient (Wildman–Crippen LogP) is 2.64. The molecule has 3 nitrogen and oxygen atoms in total. The van der Waals surface area contributed by atoms with Crippen molar-refractivity contribution in [2.75, 3.05) is 11.8 Å². The maximum atomic E-state index is 10.7. The zero-order valence-electron chi connectivity index (χ0n) is 6.31. The quantitative estimate of drug-likeness (QED) is 0.407. The van der Waals surface area contributed by atoms with E-state index in [2.05, 4.69) is 22.6 Å². The van der Waals surface area contributed by atoms with Crippen LogP contribution < -0.4 is 0 Å². The molecule has 68 valence electrons. The van der Waals surface area contributed by atoms with Gasteiger partial charge in [-0.2, -0.15) is 0 Å². The minimum absolute atomic E-state index is 0.0302. The Labute approximate surface area is 80.5 Å². The van der Waals surface area contributed by atoms with Crippen LogP contribution in [0.2, 0.25) is 0 Å². The van der Waals surface area contributed by atoms with Crippen LogP contribution in [0.1, 0.15) is 0 Å². The molecule has 0 unspecified atom stereocenters. The number of hydrogen-bond acceptors (Lipinski definition) is 3. The largest absolute Gasteiger partial charge is 0.518 e. The zero-order valence-corrected chi connectivity index (χ0v) is 7.82. The highest BCUT2D eigenvalue weighted by Gasteiger charge is 2.07. The smallest absolute Gasteiger partial charge is 0.399 e. The lowest BCUT2D eigenvalue weighted by Gasteiger charge is -2.04. The molecular weight excluding hydrogens is 203 g/mol. The van der Waals surface area contributed by atoms with Gasteiger partial charge in [-0.05, 0) is 0 Å². The average Bonchev–Trinajstić information content (AvgIpc) is 2.03. The van der Waals surface area contributed by atoms with Crippen molar-refractivity contribution in [3.63, 3.8) is 0 Å². The van der Waals surface area contributed by atoms with Crippen molar-refractivity contribution in [2.45, 2.75) is 0 Å². The molecule has 0 radical (unpaired) electrons. The van der Waals surface area contributed by atoms with Gasteiger partial charge in [0.2, 0.25) is 0 Å². The molecule has 0 rings (SSSR count). The maximum Gasteiger partial charge on any atom is 0.518 e. The molecule has 0 aliphatic carbocycles. The summed E-state index contributed by atoms with van der Waals surface area (Å²) in [6, 6.07) is 0. The molecule has 0 spiro atoms. The third kappa shape index (κ3) is 5.04. The molecular formula is C7H8Cl2O3. The molecule has 5 heteroatoms. The Morgan fingerprint density at radius 1 is 1.08 bits per heavy atom. The highest BCUT2D eigenvalue weighted by molar-refractivity contribution is 6.19. The number of rotatable bonds is 4. The number of hydrogen-bond donors (Lipinski definition) is 0. The summed E-state index contributed by atoms with van der Waals surface area (Å²) in [5.74, 6) is 0.290. The first-order valence-corrected chi connectivity index (χ1v) is 4.04. The summed E-state index contributed by atoms with van der Waals surface area (Å²) in [6.07, 6.45) is -0.925. The Morgan fingerprint density at radius 3 is 1.67 bits per heavy atom. The highest BCUT2D eigenvalue weighted by Crippen LogP contribution is 2.03. The summed E-state index contributed by atoms with van der Waals surface area (Å²) in [5.41, 5.74) is 0. The van der Waals surface area contributed by atoms with Gasteiger partial charge < -0.3 is 9.47 Å². The fraction of sp³-hybridized carbons (Fsp3) is 0.286. The molecule has 0 aliphatic heterocycles. The molecule has 0 atom stereocenters. The van der Waals surface area contributed by atoms with Gasteiger partial charge in [-0.15, -0.1) is 23.2 Å². The van der Waals surface area contributed by atoms with Gasteiger partial charge in [0.05, 0.1) is 11.8 Å². The van der Waals surface area contributed by atoms with Crippen LogP contribution in [0.15, 0.2) is 24.7 Å². The van der Waals surface area contributed by atoms with E-state index in [9.17, 15) is 4.79 Å². The van der Waals surface area contributed by atoms with Gasteiger partial charge in [0.15, 0.2) is 0 Å². The molecule has 0 aromatic rings. The lowest BCUT2D eigenvalue weighted by atomic mass is 10.6. The summed E-state index contributed by atoms with van der Waals surface area (Å²) < 4.78 is 8.93. The lowest BCUT2D eigenvalue weighted by Crippen LogP contribution is -2.07. The number of halogens is 2. The first kappa shape index (κ1) is 11.3. The van der Waals surface area contributed by atoms with Gasteiger partial charge in [0.25, 0.3) is 0 Å². The van der Waals surface area contributed by atoms with Gasteiger partial charge in [0.1, 0.15) is 11.5 Å². The van der Waals surface area contributed by atoms with Crippen LogP contribution in [0.4, 0.5) is 4.79 Å². The summed E-state index contributed by atoms with van der Waals surface area (Å²) in [7, 11) is 0. The normalized spacial score (nSPS) is 8.83. The van der Waals surface area contributed by atoms with E-state index < -0.39 is 6.16 Å². The molecule has 0 fully saturated rings. The number of ether oxygens (including phenoxy) is 2. The Balaban J connectivity index is 3.74. The third-order valence-corrected chi connectivity index (χ3v) is 1.35. The average molecular weight is 211 g/mol. The van der Waals surface area contributed by atoms with Gasteiger partial charge in [-0.1, -0.05) is 13.2 Å². The molecule has 0 bridgehead atoms. The van der Waals surface area contributed by atoms with Crippen LogP contribution in [-0.2, 0) is 9.47 Å². The Bertz CT molecular complexity index is 181. The first-order chi connectivity index (χ1) is 5.60. The van der Waals surface area contributed by atoms with Crippen LogP contribution in [-0.4, -0.2) is 17.9 Å². The third-order valence-electron chi connectivity index (χ3n) is 0.753. The zero-order chi connectivity index (χ0) is 9.56. The summed E-state index contributed by atoms with van der Waals surface area (Å²) in [6.45, 7) is 6.66. The van der Waals surface area contributed by atoms with E-state index >= 15 is 0 Å². The molecule has 12 heavy (non-hydrogen) atoms. The van der Waals surface area contributed by atoms with E-state index in [-0.39, 0.29) is 23.3 Å². The predicted molar refractivity (Wildman–Crippen MR) is 47.3 cm³/mol. The number of allylic oxidation sites excluding steroid dienone is 2. The van der Waals surface area contributed by atoms with Crippen LogP contribution in [0.25, 0.3) is 0 Å². The second-order valence-electron chi connectivity index (χ2n) is 1.80. The van der Waals surface area contributed by atoms with Gasteiger partial charge in [-0.3, -0.25) is 0 Å². The Hall–Kier alpha value is -0.670. The molecule has 0 aliphatic rings. The monoisotopic (exact) mass is 210 g/mol. The molecule has 0 heterocycles. The minimum atomic E-state index is -0.925. The molecule has 0 saturated carbocycles. The SMILES string of the molecule is C=C(CCl)OC(=O)OC(=C)CCl. The topological polar surface area (TPSA) is 35.5 Å². The van der Waals surface area contributed by atoms with E-state index in [0.717, 1.165) is 0 Å². The van der Waals surface area contributed by atoms with Crippen LogP contribution in [0.3, 0.4) is 0 Å². The molecule has 0 saturated heterocycles. The van der Waals surface area contributed by atoms with Gasteiger partial charge in [-0.25, -0.2) is 4.79 Å². The fourth-order valence-electron chi connectivity index (χ4n) is 0.311. The van der Waals surface area contributed by atoms with E-state index in [1.165, 1.54) is 0 Å². The second-order valence-corrected chi connectivity index (χ2v) is 2.33. The summed E-state index contributed by atoms with van der Waals surface area (Å²) >= 11 is 10.6. The molecule has 0 amide bonds. The van der Waals surface area contributed by atoms with Gasteiger partial charge in [0, 0.05) is 0 Å². The molecule has 0 N–H and O–H groups in total. The number of carbonyl (C=O) groups excluding carboxylic acids is 1. The van der Waals surface area contributed by atoms with Crippen molar-refractivity contribution < 1.29 is 14.3 Å². The van der Waals surface area contributed by atoms with Gasteiger partial charge >= 0.3 is 6.16 Å². The minimum Gasteiger partial charge on any atom is -0.399 e. The highest BCUT2D eigenvalue weighted by atomic mass is 35.5. The first-order valence-electron chi connectivity index (χ1n) is 2.97. The summed E-state index contributed by atoms with van der Waals surface area (Å²) in [4.78, 5) is 10.7. The van der Waals surface area contributed by atoms with Crippen molar-refractivity contribution in [3.05, 3.63) is 24.7 Å². The second kappa shape index (κ2) is 5.91. The standard InChI is InChI=1S/C7H8Cl2O3/c1-5(3-8)11-7(10)12-6(2)4-9/h1-4H2. The van der Waals surface area contributed by atoms with E-state index in [1.54, 1.807) is 0 Å². The lowest BCUT2D eigenvalue weighted by molar-refractivity contribution is 0.104. The fourth-order valence-corrected chi connectivity index (χ4v) is 0.420. The molecule has 0 aromatic carbocycles. The number of alkyl halides is 2. The van der Waals surface area contributed by atoms with E-state index in [0.29, 0.717) is 0 Å². The van der Waals surface area contributed by atoms with Crippen molar-refractivity contribution >= 4 is 29.4 Å². The van der Waals surface area contributed by atoms with E-state index in [1.807, 2.05) is 0 Å².